The average molecular weight is 467 g/mol. The molecule has 1 amide bonds. The zero-order valence-electron chi connectivity index (χ0n) is 19.5. The Morgan fingerprint density at radius 2 is 1.76 bits per heavy atom. The number of hydrogen-bond acceptors (Lipinski definition) is 4. The molecule has 0 unspecified atom stereocenters. The van der Waals surface area contributed by atoms with Gasteiger partial charge >= 0.3 is 0 Å². The summed E-state index contributed by atoms with van der Waals surface area (Å²) < 4.78 is 30.1. The highest BCUT2D eigenvalue weighted by molar-refractivity contribution is 7.89. The van der Waals surface area contributed by atoms with Crippen LogP contribution in [0.25, 0.3) is 0 Å². The predicted octanol–water partition coefficient (Wildman–Crippen LogP) is 3.84. The molecule has 4 rings (SSSR count). The summed E-state index contributed by atoms with van der Waals surface area (Å²) in [5.41, 5.74) is 4.52. The van der Waals surface area contributed by atoms with Gasteiger partial charge in [-0.3, -0.25) is 9.48 Å². The van der Waals surface area contributed by atoms with Crippen LogP contribution in [-0.2, 0) is 41.4 Å². The number of aromatic nitrogens is 2. The fourth-order valence-corrected chi connectivity index (χ4v) is 5.70. The number of aryl methyl sites for hydroxylation is 1. The third-order valence-electron chi connectivity index (χ3n) is 6.23. The summed E-state index contributed by atoms with van der Waals surface area (Å²) in [5, 5.41) is 4.66. The Labute approximate surface area is 195 Å². The summed E-state index contributed by atoms with van der Waals surface area (Å²) in [6, 6.07) is 16.6. The van der Waals surface area contributed by atoms with Crippen LogP contribution in [0.1, 0.15) is 49.2 Å². The zero-order chi connectivity index (χ0) is 23.8. The van der Waals surface area contributed by atoms with Crippen molar-refractivity contribution in [3.8, 4) is 0 Å². The Morgan fingerprint density at radius 1 is 1.09 bits per heavy atom. The number of benzene rings is 2. The molecule has 2 aromatic carbocycles. The van der Waals surface area contributed by atoms with E-state index in [9.17, 15) is 13.2 Å². The van der Waals surface area contributed by atoms with Crippen LogP contribution < -0.4 is 4.90 Å². The summed E-state index contributed by atoms with van der Waals surface area (Å²) >= 11 is 0. The van der Waals surface area contributed by atoms with Crippen molar-refractivity contribution < 1.29 is 13.2 Å². The van der Waals surface area contributed by atoms with E-state index in [1.807, 2.05) is 54.2 Å². The van der Waals surface area contributed by atoms with Gasteiger partial charge in [0.05, 0.1) is 17.1 Å². The first-order valence-electron chi connectivity index (χ1n) is 11.2. The SMILES string of the molecule is CC(=O)N(Cc1nn(C)c2c1CN(S(=O)(=O)c1ccc(C(C)C)cc1)CC2)c1ccccc1. The molecule has 174 valence electrons. The van der Waals surface area contributed by atoms with Crippen LogP contribution >= 0.6 is 0 Å². The molecule has 0 saturated carbocycles. The molecule has 1 aliphatic heterocycles. The van der Waals surface area contributed by atoms with E-state index in [4.69, 9.17) is 0 Å². The smallest absolute Gasteiger partial charge is 0.243 e. The minimum Gasteiger partial charge on any atom is -0.307 e. The quantitative estimate of drug-likeness (QED) is 0.553. The third-order valence-corrected chi connectivity index (χ3v) is 8.09. The minimum absolute atomic E-state index is 0.0915. The molecule has 0 saturated heterocycles. The number of nitrogens with zero attached hydrogens (tertiary/aromatic N) is 4. The topological polar surface area (TPSA) is 75.5 Å². The van der Waals surface area contributed by atoms with Crippen molar-refractivity contribution in [3.63, 3.8) is 0 Å². The maximum atomic E-state index is 13.4. The Morgan fingerprint density at radius 3 is 2.36 bits per heavy atom. The first-order valence-corrected chi connectivity index (χ1v) is 12.6. The van der Waals surface area contributed by atoms with E-state index in [0.29, 0.717) is 30.3 Å². The fourth-order valence-electron chi connectivity index (χ4n) is 4.29. The van der Waals surface area contributed by atoms with Crippen molar-refractivity contribution in [3.05, 3.63) is 77.1 Å². The Hall–Kier alpha value is -2.97. The Kier molecular flexibility index (Phi) is 6.41. The molecule has 0 N–H and O–H groups in total. The van der Waals surface area contributed by atoms with Gasteiger partial charge in [-0.1, -0.05) is 44.2 Å². The van der Waals surface area contributed by atoms with Crippen LogP contribution in [0.5, 0.6) is 0 Å². The standard InChI is InChI=1S/C25H30N4O3S/c1-18(2)20-10-12-22(13-11-20)33(31,32)28-15-14-25-23(16-28)24(26-27(25)4)17-29(19(3)30)21-8-6-5-7-9-21/h5-13,18H,14-17H2,1-4H3. The average Bonchev–Trinajstić information content (AvgIpc) is 3.12. The van der Waals surface area contributed by atoms with Crippen LogP contribution in [0.4, 0.5) is 5.69 Å². The molecule has 7 nitrogen and oxygen atoms in total. The lowest BCUT2D eigenvalue weighted by molar-refractivity contribution is -0.116. The molecule has 0 spiro atoms. The van der Waals surface area contributed by atoms with Crippen molar-refractivity contribution in [2.24, 2.45) is 7.05 Å². The number of carbonyl (C=O) groups excluding carboxylic acids is 1. The van der Waals surface area contributed by atoms with Crippen LogP contribution in [0, 0.1) is 0 Å². The summed E-state index contributed by atoms with van der Waals surface area (Å²) in [4.78, 5) is 14.4. The second kappa shape index (κ2) is 9.11. The molecule has 0 aliphatic carbocycles. The third kappa shape index (κ3) is 4.58. The minimum atomic E-state index is -3.64. The van der Waals surface area contributed by atoms with E-state index < -0.39 is 10.0 Å². The van der Waals surface area contributed by atoms with Crippen LogP contribution in [0.15, 0.2) is 59.5 Å². The highest BCUT2D eigenvalue weighted by atomic mass is 32.2. The molecule has 33 heavy (non-hydrogen) atoms. The molecular weight excluding hydrogens is 436 g/mol. The van der Waals surface area contributed by atoms with Crippen LogP contribution in [0.2, 0.25) is 0 Å². The van der Waals surface area contributed by atoms with Crippen molar-refractivity contribution in [2.45, 2.75) is 51.1 Å². The van der Waals surface area contributed by atoms with Gasteiger partial charge in [-0.05, 0) is 35.7 Å². The summed E-state index contributed by atoms with van der Waals surface area (Å²) in [7, 11) is -1.76. The van der Waals surface area contributed by atoms with E-state index in [2.05, 4.69) is 18.9 Å². The molecule has 8 heteroatoms. The van der Waals surface area contributed by atoms with Gasteiger partial charge in [0.25, 0.3) is 0 Å². The predicted molar refractivity (Wildman–Crippen MR) is 128 cm³/mol. The van der Waals surface area contributed by atoms with E-state index in [1.165, 1.54) is 11.2 Å². The fraction of sp³-hybridized carbons (Fsp3) is 0.360. The first-order chi connectivity index (χ1) is 15.7. The number of anilines is 1. The molecule has 1 aliphatic rings. The lowest BCUT2D eigenvalue weighted by atomic mass is 10.0. The Bertz CT molecular complexity index is 1250. The van der Waals surface area contributed by atoms with Crippen molar-refractivity contribution in [2.75, 3.05) is 11.4 Å². The molecule has 0 atom stereocenters. The normalized spacial score (nSPS) is 14.3. The molecule has 0 bridgehead atoms. The second-order valence-electron chi connectivity index (χ2n) is 8.75. The molecular formula is C25H30N4O3S. The second-order valence-corrected chi connectivity index (χ2v) is 10.7. The Balaban J connectivity index is 1.63. The zero-order valence-corrected chi connectivity index (χ0v) is 20.3. The number of amides is 1. The molecule has 1 aromatic heterocycles. The van der Waals surface area contributed by atoms with Crippen LogP contribution in [0.3, 0.4) is 0 Å². The lowest BCUT2D eigenvalue weighted by Gasteiger charge is -2.28. The number of carbonyl (C=O) groups is 1. The van der Waals surface area contributed by atoms with Crippen LogP contribution in [-0.4, -0.2) is 35.0 Å². The van der Waals surface area contributed by atoms with Gasteiger partial charge in [-0.25, -0.2) is 8.42 Å². The largest absolute Gasteiger partial charge is 0.307 e. The van der Waals surface area contributed by atoms with E-state index in [1.54, 1.807) is 17.0 Å². The number of hydrogen-bond donors (Lipinski definition) is 0. The first kappa shape index (κ1) is 23.2. The van der Waals surface area contributed by atoms with Gasteiger partial charge in [0, 0.05) is 50.4 Å². The number of sulfonamides is 1. The van der Waals surface area contributed by atoms with Crippen molar-refractivity contribution in [1.29, 1.82) is 0 Å². The molecule has 0 fully saturated rings. The summed E-state index contributed by atoms with van der Waals surface area (Å²) in [6.07, 6.45) is 0.577. The maximum Gasteiger partial charge on any atom is 0.243 e. The lowest BCUT2D eigenvalue weighted by Crippen LogP contribution is -2.37. The van der Waals surface area contributed by atoms with E-state index in [-0.39, 0.29) is 12.5 Å². The monoisotopic (exact) mass is 466 g/mol. The van der Waals surface area contributed by atoms with Gasteiger partial charge in [0.15, 0.2) is 0 Å². The number of rotatable bonds is 6. The van der Waals surface area contributed by atoms with Crippen molar-refractivity contribution >= 4 is 21.6 Å². The number of fused-ring (bicyclic) bond motifs is 1. The van der Waals surface area contributed by atoms with Gasteiger partial charge in [0.2, 0.25) is 15.9 Å². The van der Waals surface area contributed by atoms with Gasteiger partial charge in [-0.15, -0.1) is 0 Å². The molecule has 2 heterocycles. The van der Waals surface area contributed by atoms with Gasteiger partial charge in [-0.2, -0.15) is 9.40 Å². The highest BCUT2D eigenvalue weighted by Crippen LogP contribution is 2.29. The highest BCUT2D eigenvalue weighted by Gasteiger charge is 2.32. The van der Waals surface area contributed by atoms with E-state index in [0.717, 1.165) is 28.2 Å². The van der Waals surface area contributed by atoms with Gasteiger partial charge < -0.3 is 4.90 Å². The van der Waals surface area contributed by atoms with Gasteiger partial charge in [0.1, 0.15) is 0 Å². The molecule has 0 radical (unpaired) electrons. The molecule has 3 aromatic rings. The summed E-state index contributed by atoms with van der Waals surface area (Å²) in [6.45, 7) is 6.63. The number of para-hydroxylation sites is 1. The van der Waals surface area contributed by atoms with Crippen molar-refractivity contribution in [1.82, 2.24) is 14.1 Å². The van der Waals surface area contributed by atoms with E-state index >= 15 is 0 Å². The maximum absolute atomic E-state index is 13.4. The summed E-state index contributed by atoms with van der Waals surface area (Å²) in [5.74, 6) is 0.247.